The Kier molecular flexibility index (Phi) is 4.84. The van der Waals surface area contributed by atoms with Crippen molar-refractivity contribution in [3.05, 3.63) is 70.8 Å². The molecule has 2 aromatic carbocycles. The minimum Gasteiger partial charge on any atom is -0.309 e. The van der Waals surface area contributed by atoms with Crippen molar-refractivity contribution in [1.29, 1.82) is 0 Å². The molecule has 21 heavy (non-hydrogen) atoms. The second kappa shape index (κ2) is 6.44. The van der Waals surface area contributed by atoms with E-state index >= 15 is 0 Å². The Hall–Kier alpha value is -1.60. The number of aryl methyl sites for hydroxylation is 2. The number of hydrogen-bond acceptors (Lipinski definition) is 1. The average Bonchev–Trinajstić information content (AvgIpc) is 2.48. The Bertz CT molecular complexity index is 584. The van der Waals surface area contributed by atoms with E-state index in [1.165, 1.54) is 22.3 Å². The van der Waals surface area contributed by atoms with E-state index in [-0.39, 0.29) is 5.41 Å². The highest BCUT2D eigenvalue weighted by molar-refractivity contribution is 5.31. The summed E-state index contributed by atoms with van der Waals surface area (Å²) in [6.45, 7) is 12.1. The molecule has 0 spiro atoms. The predicted molar refractivity (Wildman–Crippen MR) is 91.8 cm³/mol. The van der Waals surface area contributed by atoms with Gasteiger partial charge >= 0.3 is 0 Å². The zero-order valence-electron chi connectivity index (χ0n) is 13.9. The molecule has 1 nitrogen and oxygen atoms in total. The van der Waals surface area contributed by atoms with E-state index in [1.54, 1.807) is 0 Å². The van der Waals surface area contributed by atoms with Crippen LogP contribution in [0.4, 0.5) is 0 Å². The smallest absolute Gasteiger partial charge is 0.0292 e. The second-order valence-electron chi connectivity index (χ2n) is 6.70. The van der Waals surface area contributed by atoms with E-state index in [2.05, 4.69) is 88.5 Å². The van der Waals surface area contributed by atoms with Crippen molar-refractivity contribution in [2.24, 2.45) is 0 Å². The fraction of sp³-hybridized carbons (Fsp3) is 0.400. The third-order valence-corrected chi connectivity index (χ3v) is 4.44. The average molecular weight is 281 g/mol. The van der Waals surface area contributed by atoms with Crippen LogP contribution in [-0.2, 0) is 5.41 Å². The Morgan fingerprint density at radius 3 is 2.24 bits per heavy atom. The van der Waals surface area contributed by atoms with Gasteiger partial charge in [0.2, 0.25) is 0 Å². The maximum absolute atomic E-state index is 3.68. The van der Waals surface area contributed by atoms with E-state index in [0.717, 1.165) is 6.54 Å². The van der Waals surface area contributed by atoms with Crippen LogP contribution >= 0.6 is 0 Å². The van der Waals surface area contributed by atoms with Gasteiger partial charge in [0.15, 0.2) is 0 Å². The number of nitrogens with one attached hydrogen (secondary N) is 1. The van der Waals surface area contributed by atoms with Gasteiger partial charge in [0.1, 0.15) is 0 Å². The van der Waals surface area contributed by atoms with Gasteiger partial charge < -0.3 is 5.32 Å². The van der Waals surface area contributed by atoms with Crippen LogP contribution in [0.2, 0.25) is 0 Å². The second-order valence-corrected chi connectivity index (χ2v) is 6.70. The maximum atomic E-state index is 3.68. The highest BCUT2D eigenvalue weighted by Gasteiger charge is 2.21. The standard InChI is InChI=1S/C20H27N/c1-15-11-12-18(13-16(15)2)17(3)21-14-20(4,5)19-9-7-6-8-10-19/h6-13,17,21H,14H2,1-5H3. The van der Waals surface area contributed by atoms with Gasteiger partial charge in [0.25, 0.3) is 0 Å². The molecule has 0 radical (unpaired) electrons. The molecule has 0 amide bonds. The molecular formula is C20H27N. The maximum Gasteiger partial charge on any atom is 0.0292 e. The van der Waals surface area contributed by atoms with Gasteiger partial charge in [-0.25, -0.2) is 0 Å². The summed E-state index contributed by atoms with van der Waals surface area (Å²) in [6, 6.07) is 17.8. The summed E-state index contributed by atoms with van der Waals surface area (Å²) >= 11 is 0. The summed E-state index contributed by atoms with van der Waals surface area (Å²) in [5.41, 5.74) is 5.60. The highest BCUT2D eigenvalue weighted by atomic mass is 14.9. The predicted octanol–water partition coefficient (Wildman–Crippen LogP) is 4.93. The topological polar surface area (TPSA) is 12.0 Å². The molecule has 0 saturated heterocycles. The Morgan fingerprint density at radius 2 is 1.62 bits per heavy atom. The summed E-state index contributed by atoms with van der Waals surface area (Å²) in [5, 5.41) is 3.68. The van der Waals surface area contributed by atoms with Gasteiger partial charge in [-0.15, -0.1) is 0 Å². The van der Waals surface area contributed by atoms with Crippen LogP contribution in [0.15, 0.2) is 48.5 Å². The Balaban J connectivity index is 2.03. The van der Waals surface area contributed by atoms with Gasteiger partial charge in [0.05, 0.1) is 0 Å². The van der Waals surface area contributed by atoms with Gasteiger partial charge in [-0.3, -0.25) is 0 Å². The van der Waals surface area contributed by atoms with Crippen LogP contribution in [0.1, 0.15) is 49.1 Å². The molecule has 0 fully saturated rings. The van der Waals surface area contributed by atoms with Crippen LogP contribution in [0.5, 0.6) is 0 Å². The SMILES string of the molecule is Cc1ccc(C(C)NCC(C)(C)c2ccccc2)cc1C. The van der Waals surface area contributed by atoms with Crippen LogP contribution in [0, 0.1) is 13.8 Å². The van der Waals surface area contributed by atoms with E-state index in [0.29, 0.717) is 6.04 Å². The zero-order chi connectivity index (χ0) is 15.5. The minimum absolute atomic E-state index is 0.134. The molecule has 2 rings (SSSR count). The van der Waals surface area contributed by atoms with E-state index in [9.17, 15) is 0 Å². The molecule has 0 aliphatic heterocycles. The molecule has 0 aliphatic rings. The van der Waals surface area contributed by atoms with Crippen LogP contribution in [0.3, 0.4) is 0 Å². The lowest BCUT2D eigenvalue weighted by Gasteiger charge is -2.28. The molecule has 2 aromatic rings. The van der Waals surface area contributed by atoms with E-state index in [1.807, 2.05) is 0 Å². The van der Waals surface area contributed by atoms with Crippen molar-refractivity contribution in [1.82, 2.24) is 5.32 Å². The molecule has 112 valence electrons. The number of hydrogen-bond donors (Lipinski definition) is 1. The van der Waals surface area contributed by atoms with Crippen molar-refractivity contribution in [2.45, 2.75) is 46.1 Å². The number of rotatable bonds is 5. The third-order valence-electron chi connectivity index (χ3n) is 4.44. The number of benzene rings is 2. The van der Waals surface area contributed by atoms with Crippen molar-refractivity contribution >= 4 is 0 Å². The van der Waals surface area contributed by atoms with Gasteiger partial charge in [-0.05, 0) is 43.0 Å². The molecule has 0 heterocycles. The molecule has 1 heteroatoms. The lowest BCUT2D eigenvalue weighted by Crippen LogP contribution is -2.34. The highest BCUT2D eigenvalue weighted by Crippen LogP contribution is 2.24. The fourth-order valence-corrected chi connectivity index (χ4v) is 2.55. The molecule has 0 aromatic heterocycles. The first-order valence-corrected chi connectivity index (χ1v) is 7.76. The molecular weight excluding hydrogens is 254 g/mol. The first-order valence-electron chi connectivity index (χ1n) is 7.76. The van der Waals surface area contributed by atoms with Gasteiger partial charge in [0, 0.05) is 18.0 Å². The van der Waals surface area contributed by atoms with E-state index in [4.69, 9.17) is 0 Å². The van der Waals surface area contributed by atoms with Crippen LogP contribution < -0.4 is 5.32 Å². The summed E-state index contributed by atoms with van der Waals surface area (Å²) in [4.78, 5) is 0. The molecule has 0 saturated carbocycles. The first-order chi connectivity index (χ1) is 9.90. The van der Waals surface area contributed by atoms with Crippen LogP contribution in [-0.4, -0.2) is 6.54 Å². The van der Waals surface area contributed by atoms with E-state index < -0.39 is 0 Å². The molecule has 0 aliphatic carbocycles. The summed E-state index contributed by atoms with van der Waals surface area (Å²) in [6.07, 6.45) is 0. The molecule has 1 unspecified atom stereocenters. The molecule has 0 bridgehead atoms. The van der Waals surface area contributed by atoms with Crippen molar-refractivity contribution in [2.75, 3.05) is 6.54 Å². The largest absolute Gasteiger partial charge is 0.309 e. The van der Waals surface area contributed by atoms with Crippen molar-refractivity contribution in [3.8, 4) is 0 Å². The Morgan fingerprint density at radius 1 is 0.952 bits per heavy atom. The fourth-order valence-electron chi connectivity index (χ4n) is 2.55. The van der Waals surface area contributed by atoms with Gasteiger partial charge in [-0.1, -0.05) is 62.4 Å². The summed E-state index contributed by atoms with van der Waals surface area (Å²) in [7, 11) is 0. The van der Waals surface area contributed by atoms with Crippen molar-refractivity contribution in [3.63, 3.8) is 0 Å². The monoisotopic (exact) mass is 281 g/mol. The summed E-state index contributed by atoms with van der Waals surface area (Å²) in [5.74, 6) is 0. The van der Waals surface area contributed by atoms with Crippen LogP contribution in [0.25, 0.3) is 0 Å². The minimum atomic E-state index is 0.134. The van der Waals surface area contributed by atoms with Crippen molar-refractivity contribution < 1.29 is 0 Å². The quantitative estimate of drug-likeness (QED) is 0.819. The summed E-state index contributed by atoms with van der Waals surface area (Å²) < 4.78 is 0. The lowest BCUT2D eigenvalue weighted by atomic mass is 9.84. The zero-order valence-corrected chi connectivity index (χ0v) is 13.9. The normalized spacial score (nSPS) is 13.2. The first kappa shape index (κ1) is 15.8. The molecule has 1 atom stereocenters. The van der Waals surface area contributed by atoms with Gasteiger partial charge in [-0.2, -0.15) is 0 Å². The lowest BCUT2D eigenvalue weighted by molar-refractivity contribution is 0.435. The third kappa shape index (κ3) is 3.95. The Labute approximate surface area is 129 Å². The molecule has 1 N–H and O–H groups in total.